The van der Waals surface area contributed by atoms with Crippen LogP contribution >= 0.6 is 0 Å². The summed E-state index contributed by atoms with van der Waals surface area (Å²) in [7, 11) is 0. The van der Waals surface area contributed by atoms with E-state index in [9.17, 15) is 9.59 Å². The maximum absolute atomic E-state index is 12.9. The third kappa shape index (κ3) is 3.87. The number of piperidine rings is 1. The molecule has 0 radical (unpaired) electrons. The predicted octanol–water partition coefficient (Wildman–Crippen LogP) is 4.09. The van der Waals surface area contributed by atoms with Gasteiger partial charge in [0.25, 0.3) is 5.91 Å². The zero-order chi connectivity index (χ0) is 20.5. The SMILES string of the molecule is O=C(OCC(=O)N1CCC[C@@H]2CCCC[C@H]21)c1cc(C2CC2)nn1-c1ccccc1. The van der Waals surface area contributed by atoms with E-state index in [2.05, 4.69) is 5.10 Å². The van der Waals surface area contributed by atoms with E-state index in [4.69, 9.17) is 4.74 Å². The smallest absolute Gasteiger partial charge is 0.357 e. The van der Waals surface area contributed by atoms with Gasteiger partial charge in [-0.25, -0.2) is 9.48 Å². The van der Waals surface area contributed by atoms with Gasteiger partial charge < -0.3 is 9.64 Å². The summed E-state index contributed by atoms with van der Waals surface area (Å²) in [4.78, 5) is 27.8. The van der Waals surface area contributed by atoms with Gasteiger partial charge in [0.2, 0.25) is 0 Å². The number of amides is 1. The Morgan fingerprint density at radius 3 is 2.57 bits per heavy atom. The molecule has 5 rings (SSSR count). The first-order chi connectivity index (χ1) is 14.7. The molecule has 2 atom stereocenters. The summed E-state index contributed by atoms with van der Waals surface area (Å²) in [6.45, 7) is 0.589. The number of aromatic nitrogens is 2. The number of likely N-dealkylation sites (tertiary alicyclic amines) is 1. The van der Waals surface area contributed by atoms with Crippen LogP contribution in [0.1, 0.15) is 73.5 Å². The van der Waals surface area contributed by atoms with Gasteiger partial charge in [-0.1, -0.05) is 31.0 Å². The standard InChI is InChI=1S/C24H29N3O3/c28-23(26-14-6-8-18-7-4-5-11-21(18)26)16-30-24(29)22-15-20(17-12-13-17)25-27(22)19-9-2-1-3-10-19/h1-3,9-10,15,17-18,21H,4-8,11-14,16H2/t18-,21+/m0/s1. The van der Waals surface area contributed by atoms with Crippen molar-refractivity contribution in [3.63, 3.8) is 0 Å². The molecule has 2 heterocycles. The highest BCUT2D eigenvalue weighted by Gasteiger charge is 2.36. The van der Waals surface area contributed by atoms with E-state index in [0.717, 1.165) is 43.6 Å². The maximum Gasteiger partial charge on any atom is 0.357 e. The third-order valence-corrected chi connectivity index (χ3v) is 6.82. The van der Waals surface area contributed by atoms with Crippen molar-refractivity contribution in [1.82, 2.24) is 14.7 Å². The van der Waals surface area contributed by atoms with Crippen molar-refractivity contribution < 1.29 is 14.3 Å². The molecule has 6 heteroatoms. The molecule has 3 fully saturated rings. The van der Waals surface area contributed by atoms with Crippen LogP contribution in [0.15, 0.2) is 36.4 Å². The molecule has 1 aromatic carbocycles. The molecule has 2 aliphatic carbocycles. The fraction of sp³-hybridized carbons (Fsp3) is 0.542. The van der Waals surface area contributed by atoms with Gasteiger partial charge in [-0.2, -0.15) is 5.10 Å². The minimum atomic E-state index is -0.483. The molecule has 1 saturated heterocycles. The highest BCUT2D eigenvalue weighted by molar-refractivity contribution is 5.90. The van der Waals surface area contributed by atoms with E-state index in [1.807, 2.05) is 41.3 Å². The zero-order valence-corrected chi connectivity index (χ0v) is 17.3. The summed E-state index contributed by atoms with van der Waals surface area (Å²) in [6, 6.07) is 11.8. The number of hydrogen-bond donors (Lipinski definition) is 0. The average molecular weight is 408 g/mol. The Morgan fingerprint density at radius 1 is 1.00 bits per heavy atom. The van der Waals surface area contributed by atoms with Crippen molar-refractivity contribution in [3.05, 3.63) is 47.8 Å². The lowest BCUT2D eigenvalue weighted by Crippen LogP contribution is -2.50. The minimum Gasteiger partial charge on any atom is -0.451 e. The third-order valence-electron chi connectivity index (χ3n) is 6.82. The molecule has 2 aromatic rings. The fourth-order valence-electron chi connectivity index (χ4n) is 5.11. The molecular weight excluding hydrogens is 378 g/mol. The molecule has 2 saturated carbocycles. The highest BCUT2D eigenvalue weighted by atomic mass is 16.5. The number of esters is 1. The molecule has 0 N–H and O–H groups in total. The van der Waals surface area contributed by atoms with Crippen molar-refractivity contribution >= 4 is 11.9 Å². The van der Waals surface area contributed by atoms with Crippen molar-refractivity contribution in [1.29, 1.82) is 0 Å². The van der Waals surface area contributed by atoms with Crippen LogP contribution in [0.4, 0.5) is 0 Å². The molecule has 0 bridgehead atoms. The van der Waals surface area contributed by atoms with E-state index in [1.165, 1.54) is 25.7 Å². The average Bonchev–Trinajstić information content (AvgIpc) is 3.55. The van der Waals surface area contributed by atoms with Gasteiger partial charge in [0.1, 0.15) is 0 Å². The number of carbonyl (C=O) groups excluding carboxylic acids is 2. The molecule has 3 aliphatic rings. The maximum atomic E-state index is 12.9. The van der Waals surface area contributed by atoms with Crippen LogP contribution in [0.25, 0.3) is 5.69 Å². The quantitative estimate of drug-likeness (QED) is 0.701. The summed E-state index contributed by atoms with van der Waals surface area (Å²) < 4.78 is 7.16. The first-order valence-electron chi connectivity index (χ1n) is 11.3. The van der Waals surface area contributed by atoms with Crippen molar-refractivity contribution in [2.45, 2.75) is 63.3 Å². The van der Waals surface area contributed by atoms with Gasteiger partial charge in [0.15, 0.2) is 12.3 Å². The van der Waals surface area contributed by atoms with Crippen molar-refractivity contribution in [2.75, 3.05) is 13.2 Å². The van der Waals surface area contributed by atoms with Gasteiger partial charge in [0, 0.05) is 18.5 Å². The number of rotatable bonds is 5. The van der Waals surface area contributed by atoms with E-state index in [-0.39, 0.29) is 12.5 Å². The van der Waals surface area contributed by atoms with E-state index in [1.54, 1.807) is 4.68 Å². The fourth-order valence-corrected chi connectivity index (χ4v) is 5.11. The molecule has 0 unspecified atom stereocenters. The Bertz CT molecular complexity index is 917. The molecule has 0 spiro atoms. The van der Waals surface area contributed by atoms with Crippen LogP contribution in [-0.2, 0) is 9.53 Å². The number of carbonyl (C=O) groups is 2. The number of fused-ring (bicyclic) bond motifs is 1. The lowest BCUT2D eigenvalue weighted by Gasteiger charge is -2.44. The zero-order valence-electron chi connectivity index (χ0n) is 17.3. The van der Waals surface area contributed by atoms with E-state index < -0.39 is 5.97 Å². The number of para-hydroxylation sites is 1. The number of benzene rings is 1. The Labute approximate surface area is 177 Å². The summed E-state index contributed by atoms with van der Waals surface area (Å²) in [6.07, 6.45) is 9.23. The van der Waals surface area contributed by atoms with Crippen LogP contribution < -0.4 is 0 Å². The van der Waals surface area contributed by atoms with Gasteiger partial charge in [-0.05, 0) is 62.6 Å². The first-order valence-corrected chi connectivity index (χ1v) is 11.3. The normalized spacial score (nSPS) is 23.7. The minimum absolute atomic E-state index is 0.0619. The molecule has 1 amide bonds. The topological polar surface area (TPSA) is 64.4 Å². The predicted molar refractivity (Wildman–Crippen MR) is 113 cm³/mol. The summed E-state index contributed by atoms with van der Waals surface area (Å²) in [5.41, 5.74) is 2.15. The van der Waals surface area contributed by atoms with Crippen LogP contribution in [0.3, 0.4) is 0 Å². The second-order valence-corrected chi connectivity index (χ2v) is 8.89. The van der Waals surface area contributed by atoms with Crippen LogP contribution in [-0.4, -0.2) is 45.8 Å². The van der Waals surface area contributed by atoms with E-state index in [0.29, 0.717) is 23.6 Å². The monoisotopic (exact) mass is 407 g/mol. The van der Waals surface area contributed by atoms with Gasteiger partial charge in [-0.15, -0.1) is 0 Å². The lowest BCUT2D eigenvalue weighted by atomic mass is 9.78. The summed E-state index contributed by atoms with van der Waals surface area (Å²) in [5, 5.41) is 4.65. The van der Waals surface area contributed by atoms with Gasteiger partial charge in [0.05, 0.1) is 11.4 Å². The second kappa shape index (κ2) is 8.25. The number of ether oxygens (including phenoxy) is 1. The highest BCUT2D eigenvalue weighted by Crippen LogP contribution is 2.40. The second-order valence-electron chi connectivity index (χ2n) is 8.89. The van der Waals surface area contributed by atoms with Gasteiger partial charge >= 0.3 is 5.97 Å². The van der Waals surface area contributed by atoms with Crippen LogP contribution in [0.2, 0.25) is 0 Å². The van der Waals surface area contributed by atoms with E-state index >= 15 is 0 Å². The van der Waals surface area contributed by atoms with Crippen LogP contribution in [0, 0.1) is 5.92 Å². The first kappa shape index (κ1) is 19.3. The summed E-state index contributed by atoms with van der Waals surface area (Å²) >= 11 is 0. The van der Waals surface area contributed by atoms with Gasteiger partial charge in [-0.3, -0.25) is 4.79 Å². The Hall–Kier alpha value is -2.63. The number of nitrogens with zero attached hydrogens (tertiary/aromatic N) is 3. The van der Waals surface area contributed by atoms with Crippen molar-refractivity contribution in [3.8, 4) is 5.69 Å². The molecule has 6 nitrogen and oxygen atoms in total. The molecule has 1 aliphatic heterocycles. The Kier molecular flexibility index (Phi) is 5.32. The Balaban J connectivity index is 1.29. The summed E-state index contributed by atoms with van der Waals surface area (Å²) in [5.74, 6) is 0.504. The molecule has 158 valence electrons. The molecule has 1 aromatic heterocycles. The Morgan fingerprint density at radius 2 is 1.77 bits per heavy atom. The van der Waals surface area contributed by atoms with Crippen LogP contribution in [0.5, 0.6) is 0 Å². The largest absolute Gasteiger partial charge is 0.451 e. The molecular formula is C24H29N3O3. The molecule has 30 heavy (non-hydrogen) atoms. The van der Waals surface area contributed by atoms with Crippen molar-refractivity contribution in [2.24, 2.45) is 5.92 Å². The number of hydrogen-bond acceptors (Lipinski definition) is 4. The lowest BCUT2D eigenvalue weighted by molar-refractivity contribution is -0.140.